The molecule has 0 atom stereocenters. The number of carbonyl (C=O) groups excluding carboxylic acids is 2. The van der Waals surface area contributed by atoms with Crippen LogP contribution >= 0.6 is 0 Å². The van der Waals surface area contributed by atoms with Crippen LogP contribution in [0.5, 0.6) is 11.5 Å². The van der Waals surface area contributed by atoms with Gasteiger partial charge >= 0.3 is 0 Å². The second kappa shape index (κ2) is 7.94. The van der Waals surface area contributed by atoms with Crippen LogP contribution in [0.2, 0.25) is 0 Å². The lowest BCUT2D eigenvalue weighted by atomic mass is 10.0. The standard InChI is InChI=1S/C19H18O4/c1-3-13-23-17-11-7-15(8-12-17)19(21)18(20)14-5-9-16(10-6-14)22-4-2/h3,5-12H,1,4,13H2,2H3. The minimum Gasteiger partial charge on any atom is -0.494 e. The minimum atomic E-state index is -0.551. The fourth-order valence-corrected chi connectivity index (χ4v) is 1.99. The molecule has 0 unspecified atom stereocenters. The van der Waals surface area contributed by atoms with E-state index in [1.165, 1.54) is 0 Å². The molecule has 0 bridgehead atoms. The third-order valence-electron chi connectivity index (χ3n) is 3.12. The lowest BCUT2D eigenvalue weighted by molar-refractivity contribution is 0.0817. The van der Waals surface area contributed by atoms with E-state index in [4.69, 9.17) is 9.47 Å². The predicted octanol–water partition coefficient (Wildman–Crippen LogP) is 3.72. The van der Waals surface area contributed by atoms with Gasteiger partial charge in [-0.15, -0.1) is 0 Å². The largest absolute Gasteiger partial charge is 0.494 e. The second-order valence-corrected chi connectivity index (χ2v) is 4.74. The van der Waals surface area contributed by atoms with Crippen LogP contribution in [0.3, 0.4) is 0 Å². The summed E-state index contributed by atoms with van der Waals surface area (Å²) in [6, 6.07) is 13.0. The molecule has 0 amide bonds. The number of carbonyl (C=O) groups is 2. The van der Waals surface area contributed by atoms with Crippen molar-refractivity contribution in [3.8, 4) is 11.5 Å². The van der Waals surface area contributed by atoms with Crippen molar-refractivity contribution in [2.75, 3.05) is 13.2 Å². The third-order valence-corrected chi connectivity index (χ3v) is 3.12. The molecule has 118 valence electrons. The van der Waals surface area contributed by atoms with E-state index in [-0.39, 0.29) is 0 Å². The molecule has 0 spiro atoms. The summed E-state index contributed by atoms with van der Waals surface area (Å²) in [6.07, 6.45) is 1.63. The zero-order valence-electron chi connectivity index (χ0n) is 13.0. The van der Waals surface area contributed by atoms with Crippen LogP contribution in [0.15, 0.2) is 61.2 Å². The number of hydrogen-bond acceptors (Lipinski definition) is 4. The highest BCUT2D eigenvalue weighted by molar-refractivity contribution is 6.49. The van der Waals surface area contributed by atoms with Gasteiger partial charge in [0, 0.05) is 11.1 Å². The topological polar surface area (TPSA) is 52.6 Å². The zero-order chi connectivity index (χ0) is 16.7. The van der Waals surface area contributed by atoms with Crippen LogP contribution in [-0.2, 0) is 0 Å². The number of benzene rings is 2. The van der Waals surface area contributed by atoms with Crippen molar-refractivity contribution in [1.29, 1.82) is 0 Å². The summed E-state index contributed by atoms with van der Waals surface area (Å²) in [4.78, 5) is 24.5. The van der Waals surface area contributed by atoms with E-state index < -0.39 is 11.6 Å². The third kappa shape index (κ3) is 4.30. The van der Waals surface area contributed by atoms with E-state index in [1.807, 2.05) is 6.92 Å². The SMILES string of the molecule is C=CCOc1ccc(C(=O)C(=O)c2ccc(OCC)cc2)cc1. The van der Waals surface area contributed by atoms with Crippen LogP contribution in [0, 0.1) is 0 Å². The molecule has 0 heterocycles. The van der Waals surface area contributed by atoms with Crippen molar-refractivity contribution in [2.24, 2.45) is 0 Å². The number of Topliss-reactive ketones (excluding diaryl/α,β-unsaturated/α-hetero) is 2. The van der Waals surface area contributed by atoms with Crippen molar-refractivity contribution in [1.82, 2.24) is 0 Å². The van der Waals surface area contributed by atoms with Gasteiger partial charge in [-0.05, 0) is 55.5 Å². The van der Waals surface area contributed by atoms with Gasteiger partial charge in [-0.2, -0.15) is 0 Å². The Labute approximate surface area is 135 Å². The highest BCUT2D eigenvalue weighted by Crippen LogP contribution is 2.16. The molecule has 4 nitrogen and oxygen atoms in total. The number of ketones is 2. The summed E-state index contributed by atoms with van der Waals surface area (Å²) in [5, 5.41) is 0. The molecule has 23 heavy (non-hydrogen) atoms. The summed E-state index contributed by atoms with van der Waals surface area (Å²) in [6.45, 7) is 6.38. The maximum absolute atomic E-state index is 12.2. The lowest BCUT2D eigenvalue weighted by Gasteiger charge is -2.06. The van der Waals surface area contributed by atoms with Crippen molar-refractivity contribution in [3.63, 3.8) is 0 Å². The normalized spacial score (nSPS) is 9.96. The molecule has 2 aromatic carbocycles. The summed E-state index contributed by atoms with van der Waals surface area (Å²) in [7, 11) is 0. The van der Waals surface area contributed by atoms with Crippen LogP contribution in [0.25, 0.3) is 0 Å². The van der Waals surface area contributed by atoms with Gasteiger partial charge in [0.05, 0.1) is 6.61 Å². The number of rotatable bonds is 8. The Kier molecular flexibility index (Phi) is 5.69. The van der Waals surface area contributed by atoms with E-state index in [0.717, 1.165) is 0 Å². The zero-order valence-corrected chi connectivity index (χ0v) is 13.0. The van der Waals surface area contributed by atoms with Crippen LogP contribution in [0.4, 0.5) is 0 Å². The average Bonchev–Trinajstić information content (AvgIpc) is 2.60. The molecule has 0 saturated carbocycles. The van der Waals surface area contributed by atoms with Gasteiger partial charge in [-0.1, -0.05) is 12.7 Å². The van der Waals surface area contributed by atoms with Crippen molar-refractivity contribution in [3.05, 3.63) is 72.3 Å². The molecule has 0 aliphatic rings. The Hall–Kier alpha value is -2.88. The van der Waals surface area contributed by atoms with Gasteiger partial charge in [0.1, 0.15) is 18.1 Å². The molecule has 0 aliphatic heterocycles. The molecule has 0 N–H and O–H groups in total. The highest BCUT2D eigenvalue weighted by Gasteiger charge is 2.18. The summed E-state index contributed by atoms with van der Waals surface area (Å²) >= 11 is 0. The number of hydrogen-bond donors (Lipinski definition) is 0. The Bertz CT molecular complexity index is 684. The van der Waals surface area contributed by atoms with Gasteiger partial charge < -0.3 is 9.47 Å². The van der Waals surface area contributed by atoms with E-state index in [0.29, 0.717) is 35.8 Å². The lowest BCUT2D eigenvalue weighted by Crippen LogP contribution is -2.14. The van der Waals surface area contributed by atoms with Crippen LogP contribution in [0.1, 0.15) is 27.6 Å². The maximum atomic E-state index is 12.2. The van der Waals surface area contributed by atoms with Crippen LogP contribution in [-0.4, -0.2) is 24.8 Å². The van der Waals surface area contributed by atoms with E-state index in [1.54, 1.807) is 54.6 Å². The van der Waals surface area contributed by atoms with Gasteiger partial charge in [0.25, 0.3) is 0 Å². The van der Waals surface area contributed by atoms with Crippen LogP contribution < -0.4 is 9.47 Å². The maximum Gasteiger partial charge on any atom is 0.233 e. The second-order valence-electron chi connectivity index (χ2n) is 4.74. The van der Waals surface area contributed by atoms with Crippen molar-refractivity contribution in [2.45, 2.75) is 6.92 Å². The monoisotopic (exact) mass is 310 g/mol. The summed E-state index contributed by atoms with van der Waals surface area (Å²) in [5.41, 5.74) is 0.667. The quantitative estimate of drug-likeness (QED) is 0.424. The van der Waals surface area contributed by atoms with Gasteiger partial charge in [0.15, 0.2) is 0 Å². The summed E-state index contributed by atoms with van der Waals surface area (Å²) in [5.74, 6) is 0.187. The fraction of sp³-hybridized carbons (Fsp3) is 0.158. The van der Waals surface area contributed by atoms with E-state index in [9.17, 15) is 9.59 Å². The van der Waals surface area contributed by atoms with E-state index in [2.05, 4.69) is 6.58 Å². The van der Waals surface area contributed by atoms with E-state index >= 15 is 0 Å². The Morgan fingerprint density at radius 2 is 1.30 bits per heavy atom. The molecule has 4 heteroatoms. The van der Waals surface area contributed by atoms with Crippen molar-refractivity contribution < 1.29 is 19.1 Å². The van der Waals surface area contributed by atoms with Gasteiger partial charge in [0.2, 0.25) is 11.6 Å². The van der Waals surface area contributed by atoms with Crippen molar-refractivity contribution >= 4 is 11.6 Å². The molecule has 0 aromatic heterocycles. The molecule has 0 fully saturated rings. The first-order chi connectivity index (χ1) is 11.2. The van der Waals surface area contributed by atoms with Gasteiger partial charge in [-0.3, -0.25) is 9.59 Å². The molecule has 0 saturated heterocycles. The molecule has 0 radical (unpaired) electrons. The Morgan fingerprint density at radius 3 is 1.70 bits per heavy atom. The minimum absolute atomic E-state index is 0.329. The van der Waals surface area contributed by atoms with Gasteiger partial charge in [-0.25, -0.2) is 0 Å². The smallest absolute Gasteiger partial charge is 0.233 e. The first-order valence-electron chi connectivity index (χ1n) is 7.31. The highest BCUT2D eigenvalue weighted by atomic mass is 16.5. The molecular formula is C19H18O4. The summed E-state index contributed by atoms with van der Waals surface area (Å²) < 4.78 is 10.7. The molecule has 0 aliphatic carbocycles. The first-order valence-corrected chi connectivity index (χ1v) is 7.31. The average molecular weight is 310 g/mol. The first kappa shape index (κ1) is 16.5. The Morgan fingerprint density at radius 1 is 0.870 bits per heavy atom. The Balaban J connectivity index is 2.09. The molecule has 2 aromatic rings. The predicted molar refractivity (Wildman–Crippen MR) is 88.4 cm³/mol. The molecular weight excluding hydrogens is 292 g/mol. The number of ether oxygens (including phenoxy) is 2. The molecule has 2 rings (SSSR count). The fourth-order valence-electron chi connectivity index (χ4n) is 1.99.